The van der Waals surface area contributed by atoms with Crippen molar-refractivity contribution in [3.05, 3.63) is 29.6 Å². The van der Waals surface area contributed by atoms with Crippen molar-refractivity contribution in [3.8, 4) is 0 Å². The van der Waals surface area contributed by atoms with Gasteiger partial charge < -0.3 is 5.21 Å². The standard InChI is InChI=1S/C10H10N2O2/c13-10-8(12-14)5-1-3-7-4-2-6-11-9(7)10/h2,4,6,14H,1,3,5H2/b12-8+. The molecule has 0 aliphatic heterocycles. The minimum Gasteiger partial charge on any atom is -0.411 e. The number of rotatable bonds is 0. The Kier molecular flexibility index (Phi) is 2.26. The molecular weight excluding hydrogens is 180 g/mol. The molecule has 0 radical (unpaired) electrons. The minimum atomic E-state index is -0.249. The van der Waals surface area contributed by atoms with Crippen LogP contribution in [-0.4, -0.2) is 21.7 Å². The first kappa shape index (κ1) is 8.87. The Labute approximate surface area is 81.3 Å². The van der Waals surface area contributed by atoms with Gasteiger partial charge in [0.15, 0.2) is 0 Å². The van der Waals surface area contributed by atoms with E-state index < -0.39 is 0 Å². The fourth-order valence-corrected chi connectivity index (χ4v) is 1.64. The van der Waals surface area contributed by atoms with Crippen LogP contribution in [0.15, 0.2) is 23.5 Å². The molecule has 0 aromatic carbocycles. The zero-order valence-electron chi connectivity index (χ0n) is 7.60. The van der Waals surface area contributed by atoms with Crippen molar-refractivity contribution in [1.82, 2.24) is 4.98 Å². The van der Waals surface area contributed by atoms with Crippen LogP contribution in [0.1, 0.15) is 28.9 Å². The topological polar surface area (TPSA) is 62.5 Å². The Bertz CT molecular complexity index is 399. The van der Waals surface area contributed by atoms with Gasteiger partial charge in [0.2, 0.25) is 5.78 Å². The predicted octanol–water partition coefficient (Wildman–Crippen LogP) is 1.43. The molecular formula is C10H10N2O2. The highest BCUT2D eigenvalue weighted by Crippen LogP contribution is 2.16. The molecule has 2 rings (SSSR count). The molecule has 4 nitrogen and oxygen atoms in total. The van der Waals surface area contributed by atoms with Crippen molar-refractivity contribution in [1.29, 1.82) is 0 Å². The lowest BCUT2D eigenvalue weighted by atomic mass is 10.1. The summed E-state index contributed by atoms with van der Waals surface area (Å²) in [5, 5.41) is 11.7. The zero-order valence-corrected chi connectivity index (χ0v) is 7.60. The van der Waals surface area contributed by atoms with Crippen LogP contribution in [0, 0.1) is 0 Å². The lowest BCUT2D eigenvalue weighted by Crippen LogP contribution is -2.14. The quantitative estimate of drug-likeness (QED) is 0.382. The van der Waals surface area contributed by atoms with E-state index in [2.05, 4.69) is 10.1 Å². The SMILES string of the molecule is O=C1/C(=N/O)CCCc2cccnc21. The van der Waals surface area contributed by atoms with Gasteiger partial charge in [-0.25, -0.2) is 0 Å². The molecule has 0 unspecified atom stereocenters. The Morgan fingerprint density at radius 1 is 1.43 bits per heavy atom. The van der Waals surface area contributed by atoms with E-state index in [1.807, 2.05) is 12.1 Å². The summed E-state index contributed by atoms with van der Waals surface area (Å²) in [7, 11) is 0. The van der Waals surface area contributed by atoms with Crippen LogP contribution in [0.2, 0.25) is 0 Å². The van der Waals surface area contributed by atoms with E-state index >= 15 is 0 Å². The van der Waals surface area contributed by atoms with Crippen molar-refractivity contribution in [2.24, 2.45) is 5.16 Å². The van der Waals surface area contributed by atoms with Gasteiger partial charge in [0, 0.05) is 6.20 Å². The van der Waals surface area contributed by atoms with Crippen LogP contribution in [0.5, 0.6) is 0 Å². The highest BCUT2D eigenvalue weighted by Gasteiger charge is 2.22. The summed E-state index contributed by atoms with van der Waals surface area (Å²) in [4.78, 5) is 15.7. The van der Waals surface area contributed by atoms with Crippen molar-refractivity contribution in [2.75, 3.05) is 0 Å². The zero-order chi connectivity index (χ0) is 9.97. The number of oxime groups is 1. The number of ketones is 1. The van der Waals surface area contributed by atoms with Crippen molar-refractivity contribution in [2.45, 2.75) is 19.3 Å². The molecule has 1 aliphatic rings. The van der Waals surface area contributed by atoms with Gasteiger partial charge in [0.1, 0.15) is 11.4 Å². The minimum absolute atomic E-state index is 0.211. The fourth-order valence-electron chi connectivity index (χ4n) is 1.64. The summed E-state index contributed by atoms with van der Waals surface area (Å²) in [6.45, 7) is 0. The number of hydrogen-bond donors (Lipinski definition) is 1. The Hall–Kier alpha value is -1.71. The number of carbonyl (C=O) groups excluding carboxylic acids is 1. The summed E-state index contributed by atoms with van der Waals surface area (Å²) >= 11 is 0. The lowest BCUT2D eigenvalue weighted by Gasteiger charge is -2.00. The summed E-state index contributed by atoms with van der Waals surface area (Å²) in [5.74, 6) is -0.249. The summed E-state index contributed by atoms with van der Waals surface area (Å²) in [5.41, 5.74) is 1.58. The van der Waals surface area contributed by atoms with Gasteiger partial charge in [-0.05, 0) is 30.9 Å². The molecule has 0 bridgehead atoms. The molecule has 0 amide bonds. The van der Waals surface area contributed by atoms with E-state index in [-0.39, 0.29) is 11.5 Å². The maximum absolute atomic E-state index is 11.7. The third-order valence-electron chi connectivity index (χ3n) is 2.35. The number of hydrogen-bond acceptors (Lipinski definition) is 4. The lowest BCUT2D eigenvalue weighted by molar-refractivity contribution is 0.105. The van der Waals surface area contributed by atoms with Crippen molar-refractivity contribution >= 4 is 11.5 Å². The van der Waals surface area contributed by atoms with Gasteiger partial charge in [-0.3, -0.25) is 9.78 Å². The van der Waals surface area contributed by atoms with Gasteiger partial charge in [-0.1, -0.05) is 11.2 Å². The number of aromatic nitrogens is 1. The number of carbonyl (C=O) groups is 1. The van der Waals surface area contributed by atoms with Crippen LogP contribution < -0.4 is 0 Å². The van der Waals surface area contributed by atoms with Crippen LogP contribution in [0.25, 0.3) is 0 Å². The number of pyridine rings is 1. The van der Waals surface area contributed by atoms with E-state index in [1.165, 1.54) is 0 Å². The second-order valence-electron chi connectivity index (χ2n) is 3.24. The van der Waals surface area contributed by atoms with Crippen molar-refractivity contribution < 1.29 is 10.0 Å². The second kappa shape index (κ2) is 3.57. The van der Waals surface area contributed by atoms with Crippen LogP contribution in [-0.2, 0) is 6.42 Å². The fraction of sp³-hybridized carbons (Fsp3) is 0.300. The number of Topliss-reactive ketones (excluding diaryl/α,β-unsaturated/α-hetero) is 1. The molecule has 4 heteroatoms. The smallest absolute Gasteiger partial charge is 0.229 e. The third-order valence-corrected chi connectivity index (χ3v) is 2.35. The first-order valence-electron chi connectivity index (χ1n) is 4.52. The number of nitrogens with zero attached hydrogens (tertiary/aromatic N) is 2. The van der Waals surface area contributed by atoms with Crippen LogP contribution >= 0.6 is 0 Å². The molecule has 0 saturated heterocycles. The maximum atomic E-state index is 11.7. The first-order chi connectivity index (χ1) is 6.83. The predicted molar refractivity (Wildman–Crippen MR) is 50.7 cm³/mol. The van der Waals surface area contributed by atoms with Crippen LogP contribution in [0.3, 0.4) is 0 Å². The molecule has 0 saturated carbocycles. The summed E-state index contributed by atoms with van der Waals surface area (Å²) in [6, 6.07) is 3.70. The Morgan fingerprint density at radius 2 is 2.29 bits per heavy atom. The summed E-state index contributed by atoms with van der Waals surface area (Å²) < 4.78 is 0. The largest absolute Gasteiger partial charge is 0.411 e. The molecule has 1 aromatic rings. The molecule has 0 fully saturated rings. The van der Waals surface area contributed by atoms with Gasteiger partial charge in [0.25, 0.3) is 0 Å². The van der Waals surface area contributed by atoms with Crippen LogP contribution in [0.4, 0.5) is 0 Å². The molecule has 0 atom stereocenters. The molecule has 1 aromatic heterocycles. The molecule has 1 heterocycles. The van der Waals surface area contributed by atoms with Gasteiger partial charge in [-0.15, -0.1) is 0 Å². The average Bonchev–Trinajstić information content (AvgIpc) is 2.39. The normalized spacial score (nSPS) is 19.1. The average molecular weight is 190 g/mol. The van der Waals surface area contributed by atoms with Gasteiger partial charge >= 0.3 is 0 Å². The van der Waals surface area contributed by atoms with E-state index in [1.54, 1.807) is 6.20 Å². The van der Waals surface area contributed by atoms with Gasteiger partial charge in [-0.2, -0.15) is 0 Å². The highest BCUT2D eigenvalue weighted by atomic mass is 16.4. The Balaban J connectivity index is 2.50. The molecule has 14 heavy (non-hydrogen) atoms. The monoisotopic (exact) mass is 190 g/mol. The molecule has 1 N–H and O–H groups in total. The van der Waals surface area contributed by atoms with E-state index in [0.717, 1.165) is 18.4 Å². The van der Waals surface area contributed by atoms with Gasteiger partial charge in [0.05, 0.1) is 0 Å². The number of aryl methyl sites for hydroxylation is 1. The third kappa shape index (κ3) is 1.39. The first-order valence-corrected chi connectivity index (χ1v) is 4.52. The molecule has 1 aliphatic carbocycles. The maximum Gasteiger partial charge on any atom is 0.229 e. The summed E-state index contributed by atoms with van der Waals surface area (Å²) in [6.07, 6.45) is 3.74. The second-order valence-corrected chi connectivity index (χ2v) is 3.24. The molecule has 72 valence electrons. The highest BCUT2D eigenvalue weighted by molar-refractivity contribution is 6.45. The molecule has 0 spiro atoms. The number of fused-ring (bicyclic) bond motifs is 1. The van der Waals surface area contributed by atoms with E-state index in [4.69, 9.17) is 5.21 Å². The van der Waals surface area contributed by atoms with Crippen molar-refractivity contribution in [3.63, 3.8) is 0 Å². The Morgan fingerprint density at radius 3 is 3.07 bits per heavy atom. The van der Waals surface area contributed by atoms with E-state index in [9.17, 15) is 4.79 Å². The van der Waals surface area contributed by atoms with E-state index in [0.29, 0.717) is 12.1 Å².